The predicted octanol–water partition coefficient (Wildman–Crippen LogP) is 3.81. The van der Waals surface area contributed by atoms with Crippen LogP contribution < -0.4 is 0 Å². The SMILES string of the molecule is Fc1ccc2c(c1)nc(CCl)n2CC(F)(F)C(F)F. The molecule has 0 radical (unpaired) electrons. The van der Waals surface area contributed by atoms with Crippen molar-refractivity contribution in [2.75, 3.05) is 0 Å². The Balaban J connectivity index is 2.52. The molecule has 0 saturated heterocycles. The van der Waals surface area contributed by atoms with Crippen molar-refractivity contribution in [3.8, 4) is 0 Å². The third-order valence-corrected chi connectivity index (χ3v) is 2.84. The Morgan fingerprint density at radius 3 is 2.58 bits per heavy atom. The lowest BCUT2D eigenvalue weighted by molar-refractivity contribution is -0.137. The normalized spacial score (nSPS) is 12.6. The lowest BCUT2D eigenvalue weighted by Crippen LogP contribution is -2.32. The van der Waals surface area contributed by atoms with E-state index in [9.17, 15) is 22.0 Å². The summed E-state index contributed by atoms with van der Waals surface area (Å²) in [5, 5.41) is 0. The minimum Gasteiger partial charge on any atom is -0.321 e. The molecular formula is C11H8ClF5N2. The fraction of sp³-hybridized carbons (Fsp3) is 0.364. The topological polar surface area (TPSA) is 17.8 Å². The van der Waals surface area contributed by atoms with Crippen LogP contribution in [0, 0.1) is 5.82 Å². The number of fused-ring (bicyclic) bond motifs is 1. The molecule has 19 heavy (non-hydrogen) atoms. The van der Waals surface area contributed by atoms with Crippen LogP contribution in [-0.2, 0) is 12.4 Å². The van der Waals surface area contributed by atoms with E-state index >= 15 is 0 Å². The first-order chi connectivity index (χ1) is 8.85. The van der Waals surface area contributed by atoms with Crippen LogP contribution in [0.15, 0.2) is 18.2 Å². The molecule has 104 valence electrons. The largest absolute Gasteiger partial charge is 0.324 e. The Labute approximate surface area is 109 Å². The van der Waals surface area contributed by atoms with Crippen molar-refractivity contribution in [2.45, 2.75) is 24.8 Å². The van der Waals surface area contributed by atoms with Crippen molar-refractivity contribution in [1.82, 2.24) is 9.55 Å². The van der Waals surface area contributed by atoms with Gasteiger partial charge in [-0.2, -0.15) is 8.78 Å². The van der Waals surface area contributed by atoms with Gasteiger partial charge in [-0.25, -0.2) is 18.2 Å². The summed E-state index contributed by atoms with van der Waals surface area (Å²) in [5.41, 5.74) is 0.234. The summed E-state index contributed by atoms with van der Waals surface area (Å²) in [6, 6.07) is 3.27. The maximum absolute atomic E-state index is 13.1. The number of benzene rings is 1. The highest BCUT2D eigenvalue weighted by Gasteiger charge is 2.41. The van der Waals surface area contributed by atoms with E-state index in [0.717, 1.165) is 16.7 Å². The molecule has 0 atom stereocenters. The summed E-state index contributed by atoms with van der Waals surface area (Å²) in [6.45, 7) is -1.26. The van der Waals surface area contributed by atoms with E-state index < -0.39 is 24.7 Å². The lowest BCUT2D eigenvalue weighted by atomic mass is 10.3. The van der Waals surface area contributed by atoms with E-state index in [4.69, 9.17) is 11.6 Å². The summed E-state index contributed by atoms with van der Waals surface area (Å²) in [7, 11) is 0. The Hall–Kier alpha value is -1.37. The van der Waals surface area contributed by atoms with Crippen LogP contribution in [0.2, 0.25) is 0 Å². The first-order valence-corrected chi connectivity index (χ1v) is 5.75. The van der Waals surface area contributed by atoms with Crippen LogP contribution >= 0.6 is 11.6 Å². The van der Waals surface area contributed by atoms with Gasteiger partial charge < -0.3 is 4.57 Å². The van der Waals surface area contributed by atoms with E-state index in [-0.39, 0.29) is 22.7 Å². The van der Waals surface area contributed by atoms with Gasteiger partial charge in [-0.1, -0.05) is 0 Å². The van der Waals surface area contributed by atoms with Crippen molar-refractivity contribution < 1.29 is 22.0 Å². The summed E-state index contributed by atoms with van der Waals surface area (Å²) < 4.78 is 64.6. The number of hydrogen-bond acceptors (Lipinski definition) is 1. The number of aromatic nitrogens is 2. The quantitative estimate of drug-likeness (QED) is 0.620. The number of halogens is 6. The second-order valence-electron chi connectivity index (χ2n) is 3.94. The van der Waals surface area contributed by atoms with Crippen LogP contribution in [0.5, 0.6) is 0 Å². The highest BCUT2D eigenvalue weighted by Crippen LogP contribution is 2.28. The Morgan fingerprint density at radius 1 is 1.32 bits per heavy atom. The zero-order valence-corrected chi connectivity index (χ0v) is 10.1. The number of alkyl halides is 5. The van der Waals surface area contributed by atoms with Crippen molar-refractivity contribution in [1.29, 1.82) is 0 Å². The Morgan fingerprint density at radius 2 is 2.00 bits per heavy atom. The maximum Gasteiger partial charge on any atom is 0.324 e. The molecule has 2 nitrogen and oxygen atoms in total. The highest BCUT2D eigenvalue weighted by molar-refractivity contribution is 6.16. The molecule has 8 heteroatoms. The van der Waals surface area contributed by atoms with Crippen molar-refractivity contribution in [3.63, 3.8) is 0 Å². The molecule has 2 aromatic rings. The van der Waals surface area contributed by atoms with Gasteiger partial charge in [0.05, 0.1) is 23.5 Å². The predicted molar refractivity (Wildman–Crippen MR) is 60.2 cm³/mol. The van der Waals surface area contributed by atoms with Gasteiger partial charge in [0.15, 0.2) is 0 Å². The van der Waals surface area contributed by atoms with Gasteiger partial charge in [-0.05, 0) is 12.1 Å². The zero-order valence-electron chi connectivity index (χ0n) is 9.39. The number of nitrogens with zero attached hydrogens (tertiary/aromatic N) is 2. The smallest absolute Gasteiger partial charge is 0.321 e. The second kappa shape index (κ2) is 4.96. The van der Waals surface area contributed by atoms with Crippen LogP contribution in [0.3, 0.4) is 0 Å². The first kappa shape index (κ1) is 14.0. The van der Waals surface area contributed by atoms with Gasteiger partial charge >= 0.3 is 12.3 Å². The first-order valence-electron chi connectivity index (χ1n) is 5.22. The molecular weight excluding hydrogens is 291 g/mol. The molecule has 0 saturated carbocycles. The Kier molecular flexibility index (Phi) is 3.66. The van der Waals surface area contributed by atoms with E-state index in [1.54, 1.807) is 0 Å². The number of hydrogen-bond donors (Lipinski definition) is 0. The second-order valence-corrected chi connectivity index (χ2v) is 4.21. The van der Waals surface area contributed by atoms with Gasteiger partial charge in [-0.15, -0.1) is 11.6 Å². The monoisotopic (exact) mass is 298 g/mol. The summed E-state index contributed by atoms with van der Waals surface area (Å²) >= 11 is 5.54. The molecule has 0 fully saturated rings. The molecule has 0 aliphatic carbocycles. The summed E-state index contributed by atoms with van der Waals surface area (Å²) in [6.07, 6.45) is -3.80. The number of rotatable bonds is 4. The highest BCUT2D eigenvalue weighted by atomic mass is 35.5. The summed E-state index contributed by atoms with van der Waals surface area (Å²) in [5.74, 6) is -5.06. The molecule has 1 heterocycles. The molecule has 2 rings (SSSR count). The average Bonchev–Trinajstić information content (AvgIpc) is 2.65. The van der Waals surface area contributed by atoms with E-state index in [1.807, 2.05) is 0 Å². The minimum atomic E-state index is -4.21. The molecule has 0 spiro atoms. The van der Waals surface area contributed by atoms with Crippen molar-refractivity contribution in [3.05, 3.63) is 29.8 Å². The van der Waals surface area contributed by atoms with Crippen LogP contribution in [-0.4, -0.2) is 21.9 Å². The molecule has 1 aromatic carbocycles. The van der Waals surface area contributed by atoms with Gasteiger partial charge in [-0.3, -0.25) is 0 Å². The lowest BCUT2D eigenvalue weighted by Gasteiger charge is -2.17. The third-order valence-electron chi connectivity index (χ3n) is 2.60. The van der Waals surface area contributed by atoms with Gasteiger partial charge in [0.25, 0.3) is 0 Å². The van der Waals surface area contributed by atoms with Gasteiger partial charge in [0.1, 0.15) is 11.6 Å². The van der Waals surface area contributed by atoms with Crippen molar-refractivity contribution >= 4 is 22.6 Å². The molecule has 0 aliphatic heterocycles. The maximum atomic E-state index is 13.1. The fourth-order valence-corrected chi connectivity index (χ4v) is 1.92. The minimum absolute atomic E-state index is 0.0115. The molecule has 0 N–H and O–H groups in total. The molecule has 0 unspecified atom stereocenters. The van der Waals surface area contributed by atoms with Gasteiger partial charge in [0, 0.05) is 6.07 Å². The molecule has 1 aromatic heterocycles. The van der Waals surface area contributed by atoms with Gasteiger partial charge in [0.2, 0.25) is 0 Å². The fourth-order valence-electron chi connectivity index (χ4n) is 1.71. The molecule has 0 bridgehead atoms. The Bertz CT molecular complexity index is 596. The van der Waals surface area contributed by atoms with Crippen LogP contribution in [0.4, 0.5) is 22.0 Å². The van der Waals surface area contributed by atoms with Crippen LogP contribution in [0.1, 0.15) is 5.82 Å². The van der Waals surface area contributed by atoms with Crippen molar-refractivity contribution in [2.24, 2.45) is 0 Å². The number of imidazole rings is 1. The molecule has 0 amide bonds. The molecule has 0 aliphatic rings. The zero-order chi connectivity index (χ0) is 14.2. The standard InChI is InChI=1S/C11H8ClF5N2/c12-4-9-18-7-3-6(13)1-2-8(7)19(9)5-11(16,17)10(14)15/h1-3,10H,4-5H2. The summed E-state index contributed by atoms with van der Waals surface area (Å²) in [4.78, 5) is 3.85. The van der Waals surface area contributed by atoms with E-state index in [1.165, 1.54) is 6.07 Å². The van der Waals surface area contributed by atoms with Crippen LogP contribution in [0.25, 0.3) is 11.0 Å². The average molecular weight is 299 g/mol. The van der Waals surface area contributed by atoms with E-state index in [2.05, 4.69) is 4.98 Å². The van der Waals surface area contributed by atoms with E-state index in [0.29, 0.717) is 0 Å². The third kappa shape index (κ3) is 2.65.